The van der Waals surface area contributed by atoms with Gasteiger partial charge >= 0.3 is 6.09 Å². The molecule has 2 heterocycles. The normalized spacial score (nSPS) is 21.9. The molecule has 19 nitrogen and oxygen atoms in total. The number of ketones is 1. The molecule has 1 aromatic carbocycles. The minimum Gasteiger partial charge on any atom is -0.439 e. The van der Waals surface area contributed by atoms with Crippen LogP contribution in [0.3, 0.4) is 0 Å². The first kappa shape index (κ1) is 63.0. The van der Waals surface area contributed by atoms with E-state index in [-0.39, 0.29) is 73.8 Å². The molecule has 1 aromatic rings. The van der Waals surface area contributed by atoms with E-state index >= 15 is 0 Å². The van der Waals surface area contributed by atoms with Gasteiger partial charge < -0.3 is 49.4 Å². The number of hydrogen-bond donors (Lipinski definition) is 3. The molecule has 1 saturated heterocycles. The largest absolute Gasteiger partial charge is 0.439 e. The predicted octanol–water partition coefficient (Wildman–Crippen LogP) is 5.39. The molecule has 1 aliphatic carbocycles. The molecular formula is C57H88N6O13. The third-order valence-electron chi connectivity index (χ3n) is 15.5. The van der Waals surface area contributed by atoms with Crippen molar-refractivity contribution in [1.29, 1.82) is 0 Å². The molecule has 4 rings (SSSR count). The number of likely N-dealkylation sites (tertiary alicyclic amines) is 1. The van der Waals surface area contributed by atoms with E-state index in [1.165, 1.54) is 38.3 Å². The van der Waals surface area contributed by atoms with E-state index in [0.717, 1.165) is 24.2 Å². The molecule has 0 bridgehead atoms. The third-order valence-corrected chi connectivity index (χ3v) is 15.5. The van der Waals surface area contributed by atoms with Crippen molar-refractivity contribution in [1.82, 2.24) is 30.2 Å². The number of carbonyl (C=O) groups excluding carboxylic acids is 8. The van der Waals surface area contributed by atoms with E-state index in [1.54, 1.807) is 48.9 Å². The molecule has 0 spiro atoms. The number of hydrogen-bond acceptors (Lipinski definition) is 13. The van der Waals surface area contributed by atoms with Gasteiger partial charge in [-0.3, -0.25) is 38.5 Å². The number of aliphatic hydroxyl groups is 1. The second kappa shape index (κ2) is 30.4. The number of benzene rings is 1. The molecule has 0 radical (unpaired) electrons. The van der Waals surface area contributed by atoms with Gasteiger partial charge in [-0.2, -0.15) is 0 Å². The Balaban J connectivity index is 1.43. The van der Waals surface area contributed by atoms with Crippen LogP contribution in [0.15, 0.2) is 54.6 Å². The smallest absolute Gasteiger partial charge is 0.410 e. The van der Waals surface area contributed by atoms with E-state index < -0.39 is 90.3 Å². The zero-order chi connectivity index (χ0) is 56.4. The van der Waals surface area contributed by atoms with Crippen molar-refractivity contribution in [2.24, 2.45) is 29.6 Å². The first-order chi connectivity index (χ1) is 36.1. The van der Waals surface area contributed by atoms with Gasteiger partial charge in [0.05, 0.1) is 60.9 Å². The van der Waals surface area contributed by atoms with Crippen LogP contribution >= 0.6 is 0 Å². The highest BCUT2D eigenvalue weighted by Gasteiger charge is 2.44. The monoisotopic (exact) mass is 1060 g/mol. The lowest BCUT2D eigenvalue weighted by molar-refractivity contribution is -0.149. The molecule has 7 amide bonds. The second-order valence-electron chi connectivity index (χ2n) is 21.5. The van der Waals surface area contributed by atoms with E-state index in [1.807, 2.05) is 65.8 Å². The van der Waals surface area contributed by atoms with Gasteiger partial charge in [-0.15, -0.1) is 0 Å². The Morgan fingerprint density at radius 2 is 1.51 bits per heavy atom. The van der Waals surface area contributed by atoms with Crippen molar-refractivity contribution in [2.45, 2.75) is 168 Å². The minimum absolute atomic E-state index is 0.00859. The number of nitrogens with zero attached hydrogens (tertiary/aromatic N) is 4. The number of methoxy groups -OCH3 is 2. The number of Topliss-reactive ketones (excluding diaryl/α,β-unsaturated/α-hetero) is 1. The fourth-order valence-electron chi connectivity index (χ4n) is 10.8. The quantitative estimate of drug-likeness (QED) is 0.0707. The van der Waals surface area contributed by atoms with Crippen LogP contribution in [-0.2, 0) is 52.5 Å². The lowest BCUT2D eigenvalue weighted by atomic mass is 9.83. The molecule has 19 heteroatoms. The third kappa shape index (κ3) is 17.0. The fraction of sp³-hybridized carbons (Fsp3) is 0.684. The van der Waals surface area contributed by atoms with Crippen molar-refractivity contribution in [3.05, 3.63) is 60.2 Å². The average molecular weight is 1070 g/mol. The summed E-state index contributed by atoms with van der Waals surface area (Å²) in [6.07, 6.45) is 5.97. The van der Waals surface area contributed by atoms with E-state index in [2.05, 4.69) is 10.6 Å². The summed E-state index contributed by atoms with van der Waals surface area (Å²) < 4.78 is 24.1. The Morgan fingerprint density at radius 1 is 0.842 bits per heavy atom. The van der Waals surface area contributed by atoms with Crippen molar-refractivity contribution >= 4 is 47.3 Å². The van der Waals surface area contributed by atoms with Gasteiger partial charge in [0.15, 0.2) is 5.78 Å². The van der Waals surface area contributed by atoms with Crippen LogP contribution in [0.4, 0.5) is 4.79 Å². The van der Waals surface area contributed by atoms with Crippen LogP contribution in [-0.4, -0.2) is 175 Å². The highest BCUT2D eigenvalue weighted by molar-refractivity contribution is 6.12. The maximum atomic E-state index is 14.8. The minimum atomic E-state index is -0.962. The molecule has 0 aromatic heterocycles. The number of rotatable bonds is 28. The Kier molecular flexibility index (Phi) is 25.2. The van der Waals surface area contributed by atoms with Crippen LogP contribution < -0.4 is 10.6 Å². The predicted molar refractivity (Wildman–Crippen MR) is 286 cm³/mol. The molecule has 12 atom stereocenters. The summed E-state index contributed by atoms with van der Waals surface area (Å²) in [6, 6.07) is 6.58. The number of imide groups is 1. The van der Waals surface area contributed by atoms with Crippen LogP contribution in [0.25, 0.3) is 0 Å². The molecule has 3 aliphatic rings. The highest BCUT2D eigenvalue weighted by Crippen LogP contribution is 2.32. The van der Waals surface area contributed by atoms with E-state index in [4.69, 9.17) is 18.9 Å². The SMILES string of the molecule is CC[C@H](C)[C@@H]([C@@H](CC(=O)N1CCC[C@H]1[C@H](OC)[C@@H](C)C(=O)N[C@H](C)[C@@H](O)c1ccccc1)OC)N(C)C(=O)[C@H](CC(=O)[C@H](C(C)C)N(C)C(=O)OC1/C=C/CCCCC1OCC(=O)NCCN1C(=O)C=CC1=O)C(C)C. The molecule has 76 heavy (non-hydrogen) atoms. The maximum absolute atomic E-state index is 14.8. The standard InChI is InChI=1S/C57H88N6O13/c1-13-37(6)52(46(73-11)33-50(68)62-30-21-24-42(62)54(74-12)38(7)55(70)59-39(8)53(69)40-22-17-16-18-23-40)60(9)56(71)41(35(2)3)32-43(64)51(36(4)5)61(10)57(72)76-45-26-20-15-14-19-25-44(45)75-34-47(65)58-29-31-63-48(66)27-28-49(63)67/h16-18,20,22-23,26-28,35-39,41-42,44-46,51-54,69H,13-15,19,21,24-25,29-34H2,1-12H3,(H,58,65)(H,59,70)/b26-20+/t37-,38+,39+,41+,42-,44?,45?,46+,51-,52-,53+,54+/m0/s1. The summed E-state index contributed by atoms with van der Waals surface area (Å²) in [5.74, 6) is -4.72. The van der Waals surface area contributed by atoms with Crippen molar-refractivity contribution in [2.75, 3.05) is 54.6 Å². The Hall–Kier alpha value is -5.50. The molecule has 424 valence electrons. The molecule has 2 unspecified atom stereocenters. The van der Waals surface area contributed by atoms with Gasteiger partial charge in [0.2, 0.25) is 23.6 Å². The number of carbonyl (C=O) groups is 8. The van der Waals surface area contributed by atoms with Crippen LogP contribution in [0.1, 0.15) is 125 Å². The molecule has 3 N–H and O–H groups in total. The number of amides is 7. The van der Waals surface area contributed by atoms with Gasteiger partial charge in [-0.25, -0.2) is 4.79 Å². The lowest BCUT2D eigenvalue weighted by Crippen LogP contribution is -2.55. The van der Waals surface area contributed by atoms with E-state index in [0.29, 0.717) is 37.8 Å². The molecular weight excluding hydrogens is 977 g/mol. The van der Waals surface area contributed by atoms with E-state index in [9.17, 15) is 43.5 Å². The summed E-state index contributed by atoms with van der Waals surface area (Å²) in [4.78, 5) is 114. The first-order valence-corrected chi connectivity index (χ1v) is 27.3. The van der Waals surface area contributed by atoms with Gasteiger partial charge in [0.25, 0.3) is 11.8 Å². The zero-order valence-corrected chi connectivity index (χ0v) is 47.1. The summed E-state index contributed by atoms with van der Waals surface area (Å²) in [5, 5.41) is 16.5. The first-order valence-electron chi connectivity index (χ1n) is 27.3. The van der Waals surface area contributed by atoms with Crippen LogP contribution in [0.2, 0.25) is 0 Å². The maximum Gasteiger partial charge on any atom is 0.410 e. The number of nitrogens with one attached hydrogen (secondary N) is 2. The zero-order valence-electron chi connectivity index (χ0n) is 47.1. The van der Waals surface area contributed by atoms with Gasteiger partial charge in [0.1, 0.15) is 12.7 Å². The van der Waals surface area contributed by atoms with Crippen molar-refractivity contribution < 1.29 is 62.4 Å². The summed E-state index contributed by atoms with van der Waals surface area (Å²) >= 11 is 0. The van der Waals surface area contributed by atoms with Crippen molar-refractivity contribution in [3.63, 3.8) is 0 Å². The van der Waals surface area contributed by atoms with Gasteiger partial charge in [-0.05, 0) is 68.4 Å². The van der Waals surface area contributed by atoms with Gasteiger partial charge in [0, 0.05) is 72.4 Å². The average Bonchev–Trinajstić information content (AvgIpc) is 4.00. The highest BCUT2D eigenvalue weighted by atomic mass is 16.6. The molecule has 0 saturated carbocycles. The molecule has 1 fully saturated rings. The Morgan fingerprint density at radius 3 is 2.12 bits per heavy atom. The Bertz CT molecular complexity index is 2150. The summed E-state index contributed by atoms with van der Waals surface area (Å²) in [5.41, 5.74) is 0.681. The van der Waals surface area contributed by atoms with Crippen LogP contribution in [0.5, 0.6) is 0 Å². The second-order valence-corrected chi connectivity index (χ2v) is 21.5. The summed E-state index contributed by atoms with van der Waals surface area (Å²) in [7, 11) is 6.24. The number of aliphatic hydroxyl groups excluding tert-OH is 1. The fourth-order valence-corrected chi connectivity index (χ4v) is 10.8. The topological polar surface area (TPSA) is 231 Å². The van der Waals surface area contributed by atoms with Crippen molar-refractivity contribution in [3.8, 4) is 0 Å². The number of allylic oxidation sites excluding steroid dienone is 1. The summed E-state index contributed by atoms with van der Waals surface area (Å²) in [6.45, 7) is 15.1. The van der Waals surface area contributed by atoms with Crippen LogP contribution in [0, 0.1) is 29.6 Å². The Labute approximate surface area is 450 Å². The van der Waals surface area contributed by atoms with Gasteiger partial charge in [-0.1, -0.05) is 97.7 Å². The number of ether oxygens (including phenoxy) is 4. The number of likely N-dealkylation sites (N-methyl/N-ethyl adjacent to an activating group) is 2. The lowest BCUT2D eigenvalue weighted by Gasteiger charge is -2.41. The molecule has 2 aliphatic heterocycles.